The fraction of sp³-hybridized carbons (Fsp3) is 0.450. The van der Waals surface area contributed by atoms with E-state index >= 15 is 0 Å². The van der Waals surface area contributed by atoms with Crippen molar-refractivity contribution in [2.45, 2.75) is 38.8 Å². The molecule has 7 nitrogen and oxygen atoms in total. The average molecular weight is 454 g/mol. The van der Waals surface area contributed by atoms with Crippen LogP contribution in [-0.2, 0) is 6.18 Å². The zero-order chi connectivity index (χ0) is 23.2. The van der Waals surface area contributed by atoms with Gasteiger partial charge in [0.15, 0.2) is 0 Å². The largest absolute Gasteiger partial charge is 0.433 e. The highest BCUT2D eigenvalue weighted by molar-refractivity contribution is 5.95. The van der Waals surface area contributed by atoms with Gasteiger partial charge in [-0.1, -0.05) is 6.92 Å². The topological polar surface area (TPSA) is 76.3 Å². The smallest absolute Gasteiger partial charge is 0.338 e. The fourth-order valence-electron chi connectivity index (χ4n) is 3.98. The van der Waals surface area contributed by atoms with E-state index in [4.69, 9.17) is 0 Å². The predicted octanol–water partition coefficient (Wildman–Crippen LogP) is 4.05. The van der Waals surface area contributed by atoms with E-state index in [0.29, 0.717) is 18.7 Å². The molecule has 2 atom stereocenters. The number of nitrogens with zero attached hydrogens (tertiary/aromatic N) is 6. The second-order valence-electron chi connectivity index (χ2n) is 7.83. The summed E-state index contributed by atoms with van der Waals surface area (Å²) in [4.78, 5) is 25.9. The van der Waals surface area contributed by atoms with E-state index < -0.39 is 29.9 Å². The van der Waals surface area contributed by atoms with Gasteiger partial charge in [-0.05, 0) is 37.5 Å². The van der Waals surface area contributed by atoms with E-state index in [1.807, 2.05) is 6.92 Å². The third-order valence-corrected chi connectivity index (χ3v) is 5.75. The number of piperidine rings is 1. The number of fused-ring (bicyclic) bond motifs is 1. The molecule has 1 fully saturated rings. The molecule has 0 saturated carbocycles. The Labute approximate surface area is 179 Å². The second-order valence-corrected chi connectivity index (χ2v) is 7.83. The number of alkyl halides is 5. The summed E-state index contributed by atoms with van der Waals surface area (Å²) in [7, 11) is 0. The van der Waals surface area contributed by atoms with Crippen molar-refractivity contribution in [3.8, 4) is 0 Å². The van der Waals surface area contributed by atoms with Crippen molar-refractivity contribution < 1.29 is 26.7 Å². The first-order valence-corrected chi connectivity index (χ1v) is 9.89. The molecule has 3 aromatic rings. The molecule has 0 radical (unpaired) electrons. The SMILES string of the molecule is Cc1nc(C(F)(F)F)ccc1C(=O)N1CC[C@@H](C)[C@H](c2cc(C(F)F)nc3ncnn23)C1. The lowest BCUT2D eigenvalue weighted by Crippen LogP contribution is -2.43. The molecular weight excluding hydrogens is 435 g/mol. The van der Waals surface area contributed by atoms with Gasteiger partial charge in [-0.15, -0.1) is 0 Å². The van der Waals surface area contributed by atoms with Crippen LogP contribution >= 0.6 is 0 Å². The lowest BCUT2D eigenvalue weighted by molar-refractivity contribution is -0.141. The Hall–Kier alpha value is -3.18. The first kappa shape index (κ1) is 22.0. The quantitative estimate of drug-likeness (QED) is 0.558. The first-order chi connectivity index (χ1) is 15.1. The van der Waals surface area contributed by atoms with Gasteiger partial charge in [-0.25, -0.2) is 23.3 Å². The molecule has 1 saturated heterocycles. The van der Waals surface area contributed by atoms with Gasteiger partial charge in [0.25, 0.3) is 18.1 Å². The highest BCUT2D eigenvalue weighted by atomic mass is 19.4. The number of halogens is 5. The third-order valence-electron chi connectivity index (χ3n) is 5.75. The highest BCUT2D eigenvalue weighted by Gasteiger charge is 2.36. The van der Waals surface area contributed by atoms with Crippen LogP contribution in [0.4, 0.5) is 22.0 Å². The molecule has 3 aromatic heterocycles. The molecule has 4 heterocycles. The van der Waals surface area contributed by atoms with Crippen LogP contribution < -0.4 is 0 Å². The van der Waals surface area contributed by atoms with Gasteiger partial charge in [0.1, 0.15) is 17.7 Å². The predicted molar refractivity (Wildman–Crippen MR) is 102 cm³/mol. The zero-order valence-corrected chi connectivity index (χ0v) is 17.1. The number of pyridine rings is 1. The number of carbonyl (C=O) groups is 1. The van der Waals surface area contributed by atoms with Crippen molar-refractivity contribution in [3.63, 3.8) is 0 Å². The second kappa shape index (κ2) is 8.06. The van der Waals surface area contributed by atoms with E-state index in [9.17, 15) is 26.7 Å². The molecule has 4 rings (SSSR count). The molecule has 32 heavy (non-hydrogen) atoms. The number of hydrogen-bond acceptors (Lipinski definition) is 5. The van der Waals surface area contributed by atoms with E-state index in [1.165, 1.54) is 28.7 Å². The molecule has 0 aliphatic carbocycles. The van der Waals surface area contributed by atoms with Gasteiger partial charge < -0.3 is 4.90 Å². The average Bonchev–Trinajstić information content (AvgIpc) is 3.21. The van der Waals surface area contributed by atoms with Crippen molar-refractivity contribution >= 4 is 11.7 Å². The summed E-state index contributed by atoms with van der Waals surface area (Å²) < 4.78 is 66.8. The van der Waals surface area contributed by atoms with E-state index in [0.717, 1.165) is 12.1 Å². The minimum absolute atomic E-state index is 0.0254. The van der Waals surface area contributed by atoms with Gasteiger partial charge >= 0.3 is 6.18 Å². The highest BCUT2D eigenvalue weighted by Crippen LogP contribution is 2.34. The van der Waals surface area contributed by atoms with Crippen LogP contribution in [0.25, 0.3) is 5.78 Å². The first-order valence-electron chi connectivity index (χ1n) is 9.89. The molecule has 12 heteroatoms. The van der Waals surface area contributed by atoms with Crippen LogP contribution in [-0.4, -0.2) is 48.5 Å². The third kappa shape index (κ3) is 4.00. The molecular formula is C20H19F5N6O. The molecule has 1 aliphatic heterocycles. The number of aryl methyl sites for hydroxylation is 1. The zero-order valence-electron chi connectivity index (χ0n) is 17.1. The Morgan fingerprint density at radius 3 is 2.62 bits per heavy atom. The number of hydrogen-bond donors (Lipinski definition) is 0. The lowest BCUT2D eigenvalue weighted by atomic mass is 9.84. The van der Waals surface area contributed by atoms with Crippen molar-refractivity contribution in [2.24, 2.45) is 5.92 Å². The minimum Gasteiger partial charge on any atom is -0.338 e. The van der Waals surface area contributed by atoms with Crippen LogP contribution in [0.2, 0.25) is 0 Å². The molecule has 170 valence electrons. The normalized spacial score (nSPS) is 19.7. The van der Waals surface area contributed by atoms with Crippen LogP contribution in [0, 0.1) is 12.8 Å². The Morgan fingerprint density at radius 1 is 1.22 bits per heavy atom. The molecule has 0 spiro atoms. The summed E-state index contributed by atoms with van der Waals surface area (Å²) in [6.07, 6.45) is -5.61. The number of carbonyl (C=O) groups excluding carboxylic acids is 1. The number of rotatable bonds is 3. The Kier molecular flexibility index (Phi) is 5.55. The molecule has 1 aliphatic rings. The maximum absolute atomic E-state index is 13.4. The van der Waals surface area contributed by atoms with Crippen LogP contribution in [0.5, 0.6) is 0 Å². The van der Waals surface area contributed by atoms with Crippen molar-refractivity contribution in [1.29, 1.82) is 0 Å². The molecule has 0 aromatic carbocycles. The standard InChI is InChI=1S/C20H19F5N6O/c1-10-5-6-30(18(32)12-3-4-16(20(23,24)25)28-11(12)2)8-13(10)15-7-14(17(21)22)29-19-26-9-27-31(15)19/h3-4,7,9-10,13,17H,5-6,8H2,1-2H3/t10-,13-/m1/s1. The molecule has 0 bridgehead atoms. The maximum atomic E-state index is 13.4. The monoisotopic (exact) mass is 454 g/mol. The summed E-state index contributed by atoms with van der Waals surface area (Å²) in [5.41, 5.74) is -1.00. The van der Waals surface area contributed by atoms with E-state index in [-0.39, 0.29) is 35.4 Å². The summed E-state index contributed by atoms with van der Waals surface area (Å²) in [5.74, 6) is -0.735. The van der Waals surface area contributed by atoms with Crippen molar-refractivity contribution in [1.82, 2.24) is 29.5 Å². The van der Waals surface area contributed by atoms with Gasteiger partial charge in [0, 0.05) is 19.0 Å². The number of aromatic nitrogens is 5. The van der Waals surface area contributed by atoms with Crippen LogP contribution in [0.3, 0.4) is 0 Å². The van der Waals surface area contributed by atoms with E-state index in [1.54, 1.807) is 0 Å². The molecule has 0 unspecified atom stereocenters. The van der Waals surface area contributed by atoms with Crippen LogP contribution in [0.1, 0.15) is 58.8 Å². The lowest BCUT2D eigenvalue weighted by Gasteiger charge is -2.37. The Morgan fingerprint density at radius 2 is 1.97 bits per heavy atom. The summed E-state index contributed by atoms with van der Waals surface area (Å²) in [6, 6.07) is 3.17. The number of amides is 1. The van der Waals surface area contributed by atoms with Crippen LogP contribution in [0.15, 0.2) is 24.5 Å². The van der Waals surface area contributed by atoms with Gasteiger partial charge in [0.2, 0.25) is 0 Å². The van der Waals surface area contributed by atoms with Gasteiger partial charge in [0.05, 0.1) is 17.0 Å². The summed E-state index contributed by atoms with van der Waals surface area (Å²) >= 11 is 0. The summed E-state index contributed by atoms with van der Waals surface area (Å²) in [5, 5.41) is 4.08. The van der Waals surface area contributed by atoms with Crippen molar-refractivity contribution in [3.05, 3.63) is 52.9 Å². The van der Waals surface area contributed by atoms with Crippen molar-refractivity contribution in [2.75, 3.05) is 13.1 Å². The Balaban J connectivity index is 1.66. The summed E-state index contributed by atoms with van der Waals surface area (Å²) in [6.45, 7) is 3.86. The van der Waals surface area contributed by atoms with Gasteiger partial charge in [-0.2, -0.15) is 23.3 Å². The maximum Gasteiger partial charge on any atom is 0.433 e. The molecule has 0 N–H and O–H groups in total. The van der Waals surface area contributed by atoms with E-state index in [2.05, 4.69) is 20.1 Å². The van der Waals surface area contributed by atoms with Gasteiger partial charge in [-0.3, -0.25) is 4.79 Å². The Bertz CT molecular complexity index is 1160. The number of likely N-dealkylation sites (tertiary alicyclic amines) is 1. The molecule has 1 amide bonds. The minimum atomic E-state index is -4.61. The fourth-order valence-corrected chi connectivity index (χ4v) is 3.98.